The lowest BCUT2D eigenvalue weighted by Crippen LogP contribution is -2.31. The first-order chi connectivity index (χ1) is 6.45. The third-order valence-corrected chi connectivity index (χ3v) is 15.8. The topological polar surface area (TPSA) is 0 Å². The molecule has 0 fully saturated rings. The number of halogens is 2. The van der Waals surface area contributed by atoms with Crippen LogP contribution in [0.15, 0.2) is 0 Å². The number of hydrogen-bond donors (Lipinski definition) is 0. The summed E-state index contributed by atoms with van der Waals surface area (Å²) in [5.74, 6) is 0. The Kier molecular flexibility index (Phi) is 7.04. The van der Waals surface area contributed by atoms with E-state index in [1.807, 2.05) is 0 Å². The van der Waals surface area contributed by atoms with E-state index in [2.05, 4.69) is 27.7 Å². The lowest BCUT2D eigenvalue weighted by Gasteiger charge is -2.27. The molecule has 0 saturated heterocycles. The average Bonchev–Trinajstić information content (AvgIpc) is 2.25. The van der Waals surface area contributed by atoms with Crippen LogP contribution in [-0.2, 0) is 0 Å². The van der Waals surface area contributed by atoms with Gasteiger partial charge in [0, 0.05) is 0 Å². The second-order valence-electron chi connectivity index (χ2n) is 4.22. The van der Waals surface area contributed by atoms with Crippen molar-refractivity contribution in [3.8, 4) is 0 Å². The molecule has 0 N–H and O–H groups in total. The van der Waals surface area contributed by atoms with Crippen molar-refractivity contribution in [2.45, 2.75) is 64.0 Å². The van der Waals surface area contributed by atoms with Crippen LogP contribution in [-0.4, -0.2) is 14.8 Å². The van der Waals surface area contributed by atoms with Gasteiger partial charge in [0.05, 0.1) is 0 Å². The molecule has 4 heteroatoms. The third kappa shape index (κ3) is 4.69. The molecular weight excluding hydrogens is 247 g/mol. The minimum absolute atomic E-state index is 1.19. The summed E-state index contributed by atoms with van der Waals surface area (Å²) in [5, 5.41) is 0. The molecule has 0 nitrogen and oxygen atoms in total. The van der Waals surface area contributed by atoms with E-state index in [9.17, 15) is 0 Å². The zero-order valence-electron chi connectivity index (χ0n) is 10.00. The van der Waals surface area contributed by atoms with Gasteiger partial charge in [0.15, 0.2) is 14.8 Å². The van der Waals surface area contributed by atoms with Crippen LogP contribution in [0.3, 0.4) is 0 Å². The molecule has 0 atom stereocenters. The minimum Gasteiger partial charge on any atom is -0.167 e. The fourth-order valence-corrected chi connectivity index (χ4v) is 9.35. The van der Waals surface area contributed by atoms with Crippen LogP contribution in [0, 0.1) is 0 Å². The van der Waals surface area contributed by atoms with Crippen LogP contribution < -0.4 is 0 Å². The molecule has 0 aromatic rings. The Morgan fingerprint density at radius 3 is 1.00 bits per heavy atom. The van der Waals surface area contributed by atoms with Gasteiger partial charge in [-0.15, -0.1) is 0 Å². The summed E-state index contributed by atoms with van der Waals surface area (Å²) in [6.45, 7) is 8.94. The minimum atomic E-state index is -1.42. The van der Waals surface area contributed by atoms with E-state index in [4.69, 9.17) is 22.2 Å². The van der Waals surface area contributed by atoms with Crippen molar-refractivity contribution in [2.24, 2.45) is 0 Å². The second-order valence-corrected chi connectivity index (χ2v) is 17.5. The highest BCUT2D eigenvalue weighted by atomic mass is 35.6. The van der Waals surface area contributed by atoms with E-state index in [1.54, 1.807) is 0 Å². The molecule has 0 aromatic carbocycles. The first-order valence-corrected chi connectivity index (χ1v) is 13.1. The molecular formula is C10H24Cl2Si2. The molecule has 0 rings (SSSR count). The second kappa shape index (κ2) is 6.56. The van der Waals surface area contributed by atoms with E-state index in [1.165, 1.54) is 36.3 Å². The molecule has 0 spiro atoms. The SMILES string of the molecule is CC[Si](Cl)(CC)CC[Si](Cl)(CC)CC. The summed E-state index contributed by atoms with van der Waals surface area (Å²) < 4.78 is 0. The van der Waals surface area contributed by atoms with Crippen molar-refractivity contribution in [2.75, 3.05) is 0 Å². The molecule has 14 heavy (non-hydrogen) atoms. The van der Waals surface area contributed by atoms with E-state index in [0.717, 1.165) is 0 Å². The lowest BCUT2D eigenvalue weighted by molar-refractivity contribution is 1.16. The van der Waals surface area contributed by atoms with Crippen molar-refractivity contribution in [1.29, 1.82) is 0 Å². The van der Waals surface area contributed by atoms with Gasteiger partial charge >= 0.3 is 0 Å². The van der Waals surface area contributed by atoms with Gasteiger partial charge in [0.2, 0.25) is 0 Å². The molecule has 0 saturated carbocycles. The highest BCUT2D eigenvalue weighted by molar-refractivity contribution is 7.23. The molecule has 0 aliphatic carbocycles. The quantitative estimate of drug-likeness (QED) is 0.427. The fraction of sp³-hybridized carbons (Fsp3) is 1.00. The maximum Gasteiger partial charge on any atom is 0.155 e. The van der Waals surface area contributed by atoms with E-state index < -0.39 is 14.8 Å². The fourth-order valence-electron chi connectivity index (χ4n) is 1.66. The molecule has 0 heterocycles. The first-order valence-electron chi connectivity index (χ1n) is 5.83. The van der Waals surface area contributed by atoms with Crippen LogP contribution in [0.4, 0.5) is 0 Å². The third-order valence-electron chi connectivity index (χ3n) is 3.56. The summed E-state index contributed by atoms with van der Waals surface area (Å²) in [6.07, 6.45) is 0. The number of rotatable bonds is 7. The van der Waals surface area contributed by atoms with Crippen molar-refractivity contribution < 1.29 is 0 Å². The Bertz CT molecular complexity index is 136. The van der Waals surface area contributed by atoms with Gasteiger partial charge in [-0.2, -0.15) is 22.2 Å². The monoisotopic (exact) mass is 270 g/mol. The lowest BCUT2D eigenvalue weighted by atomic mass is 10.9. The predicted octanol–water partition coefficient (Wildman–Crippen LogP) is 5.43. The van der Waals surface area contributed by atoms with Gasteiger partial charge in [-0.05, 0) is 36.3 Å². The molecule has 0 unspecified atom stereocenters. The summed E-state index contributed by atoms with van der Waals surface area (Å²) in [7, 11) is -2.83. The number of hydrogen-bond acceptors (Lipinski definition) is 0. The van der Waals surface area contributed by atoms with E-state index >= 15 is 0 Å². The first kappa shape index (κ1) is 15.0. The summed E-state index contributed by atoms with van der Waals surface area (Å²) >= 11 is 13.3. The highest BCUT2D eigenvalue weighted by Crippen LogP contribution is 2.34. The zero-order valence-corrected chi connectivity index (χ0v) is 13.5. The predicted molar refractivity (Wildman–Crippen MR) is 74.8 cm³/mol. The summed E-state index contributed by atoms with van der Waals surface area (Å²) in [5.41, 5.74) is 0. The average molecular weight is 271 g/mol. The Morgan fingerprint density at radius 2 is 0.857 bits per heavy atom. The largest absolute Gasteiger partial charge is 0.167 e. The molecule has 0 bridgehead atoms. The van der Waals surface area contributed by atoms with Crippen molar-refractivity contribution >= 4 is 36.9 Å². The van der Waals surface area contributed by atoms with Gasteiger partial charge in [-0.25, -0.2) is 0 Å². The van der Waals surface area contributed by atoms with Crippen LogP contribution in [0.2, 0.25) is 36.3 Å². The van der Waals surface area contributed by atoms with Gasteiger partial charge in [-0.3, -0.25) is 0 Å². The standard InChI is InChI=1S/C10H24Cl2Si2/c1-5-13(11,6-2)9-10-14(12,7-3)8-4/h5-10H2,1-4H3. The van der Waals surface area contributed by atoms with Gasteiger partial charge in [0.25, 0.3) is 0 Å². The molecule has 0 aromatic heterocycles. The van der Waals surface area contributed by atoms with Crippen molar-refractivity contribution in [1.82, 2.24) is 0 Å². The smallest absolute Gasteiger partial charge is 0.155 e. The highest BCUT2D eigenvalue weighted by Gasteiger charge is 2.33. The van der Waals surface area contributed by atoms with Crippen LogP contribution >= 0.6 is 22.2 Å². The summed E-state index contributed by atoms with van der Waals surface area (Å²) in [4.78, 5) is 0. The summed E-state index contributed by atoms with van der Waals surface area (Å²) in [6, 6.07) is 7.25. The maximum atomic E-state index is 6.63. The van der Waals surface area contributed by atoms with Crippen LogP contribution in [0.25, 0.3) is 0 Å². The molecule has 0 aliphatic rings. The molecule has 0 radical (unpaired) electrons. The molecule has 86 valence electrons. The van der Waals surface area contributed by atoms with Gasteiger partial charge < -0.3 is 0 Å². The normalized spacial score (nSPS) is 13.3. The zero-order chi connectivity index (χ0) is 11.2. The van der Waals surface area contributed by atoms with Crippen molar-refractivity contribution in [3.63, 3.8) is 0 Å². The van der Waals surface area contributed by atoms with E-state index in [-0.39, 0.29) is 0 Å². The van der Waals surface area contributed by atoms with Crippen molar-refractivity contribution in [3.05, 3.63) is 0 Å². The molecule has 0 aliphatic heterocycles. The van der Waals surface area contributed by atoms with Gasteiger partial charge in [-0.1, -0.05) is 27.7 Å². The van der Waals surface area contributed by atoms with Crippen LogP contribution in [0.1, 0.15) is 27.7 Å². The Balaban J connectivity index is 4.14. The Morgan fingerprint density at radius 1 is 0.643 bits per heavy atom. The Hall–Kier alpha value is 1.01. The molecule has 0 amide bonds. The van der Waals surface area contributed by atoms with Crippen LogP contribution in [0.5, 0.6) is 0 Å². The van der Waals surface area contributed by atoms with Gasteiger partial charge in [0.1, 0.15) is 0 Å². The van der Waals surface area contributed by atoms with E-state index in [0.29, 0.717) is 0 Å². The maximum absolute atomic E-state index is 6.63. The Labute approximate surface area is 101 Å².